The molecule has 0 aliphatic carbocycles. The molecule has 0 radical (unpaired) electrons. The molecule has 5 rings (SSSR count). The van der Waals surface area contributed by atoms with Gasteiger partial charge in [-0.1, -0.05) is 12.1 Å². The fourth-order valence-electron chi connectivity index (χ4n) is 4.40. The van der Waals surface area contributed by atoms with Gasteiger partial charge in [0.15, 0.2) is 9.84 Å². The minimum atomic E-state index is -3.22. The van der Waals surface area contributed by atoms with Gasteiger partial charge in [0.2, 0.25) is 11.7 Å². The van der Waals surface area contributed by atoms with E-state index < -0.39 is 21.8 Å². The van der Waals surface area contributed by atoms with Crippen molar-refractivity contribution < 1.29 is 32.0 Å². The summed E-state index contributed by atoms with van der Waals surface area (Å²) in [5.41, 5.74) is 0.790. The van der Waals surface area contributed by atoms with Crippen LogP contribution in [0.5, 0.6) is 0 Å². The van der Waals surface area contributed by atoms with Crippen LogP contribution in [0.3, 0.4) is 0 Å². The van der Waals surface area contributed by atoms with Crippen molar-refractivity contribution in [1.82, 2.24) is 9.91 Å². The Kier molecular flexibility index (Phi) is 5.86. The summed E-state index contributed by atoms with van der Waals surface area (Å²) in [5, 5.41) is 8.69. The zero-order valence-corrected chi connectivity index (χ0v) is 19.2. The molecule has 2 saturated heterocycles. The van der Waals surface area contributed by atoms with E-state index in [1.807, 2.05) is 0 Å². The lowest BCUT2D eigenvalue weighted by atomic mass is 10.1. The standard InChI is InChI=1S/C22H24N4O7S/c27-18-6-5-16(24-26(18)14-7-12-34(30,31)13-14)21(28)23-19-15-3-1-2-4-17(15)33-20(19)22(29)25-8-10-32-11-9-25/h1-4,14H,5-13H2,(H,23,28)/t14-/m1/s1. The molecule has 2 fully saturated rings. The number of furan rings is 1. The van der Waals surface area contributed by atoms with Crippen molar-refractivity contribution in [2.75, 3.05) is 43.1 Å². The molecule has 11 nitrogen and oxygen atoms in total. The average molecular weight is 489 g/mol. The SMILES string of the molecule is O=C(Nc1c(C(=O)N2CCOCC2)oc2ccccc12)C1=NN([C@@H]2CCS(=O)(=O)C2)C(=O)CC1. The Hall–Kier alpha value is -3.25. The van der Waals surface area contributed by atoms with Gasteiger partial charge in [0, 0.05) is 31.3 Å². The van der Waals surface area contributed by atoms with Crippen molar-refractivity contribution in [3.63, 3.8) is 0 Å². The van der Waals surface area contributed by atoms with Crippen molar-refractivity contribution in [1.29, 1.82) is 0 Å². The predicted molar refractivity (Wildman–Crippen MR) is 122 cm³/mol. The molecule has 0 unspecified atom stereocenters. The molecule has 1 atom stereocenters. The van der Waals surface area contributed by atoms with Crippen LogP contribution < -0.4 is 5.32 Å². The largest absolute Gasteiger partial charge is 0.449 e. The van der Waals surface area contributed by atoms with E-state index in [0.717, 1.165) is 5.01 Å². The highest BCUT2D eigenvalue weighted by Gasteiger charge is 2.37. The fraction of sp³-hybridized carbons (Fsp3) is 0.455. The van der Waals surface area contributed by atoms with E-state index in [9.17, 15) is 22.8 Å². The first kappa shape index (κ1) is 22.5. The van der Waals surface area contributed by atoms with Gasteiger partial charge in [0.25, 0.3) is 11.8 Å². The number of para-hydroxylation sites is 1. The Labute approximate surface area is 195 Å². The number of nitrogens with one attached hydrogen (secondary N) is 1. The van der Waals surface area contributed by atoms with Gasteiger partial charge in [-0.25, -0.2) is 13.4 Å². The lowest BCUT2D eigenvalue weighted by Crippen LogP contribution is -2.43. The number of morpholine rings is 1. The highest BCUT2D eigenvalue weighted by molar-refractivity contribution is 7.91. The lowest BCUT2D eigenvalue weighted by molar-refractivity contribution is -0.133. The molecule has 0 spiro atoms. The van der Waals surface area contributed by atoms with E-state index in [2.05, 4.69) is 10.4 Å². The Morgan fingerprint density at radius 3 is 2.62 bits per heavy atom. The van der Waals surface area contributed by atoms with E-state index in [4.69, 9.17) is 9.15 Å². The zero-order valence-electron chi connectivity index (χ0n) is 18.4. The number of hydrazone groups is 1. The molecule has 0 bridgehead atoms. The lowest BCUT2D eigenvalue weighted by Gasteiger charge is -2.27. The van der Waals surface area contributed by atoms with Crippen LogP contribution in [-0.4, -0.2) is 85.6 Å². The first-order valence-corrected chi connectivity index (χ1v) is 12.9. The molecule has 0 saturated carbocycles. The number of anilines is 1. The smallest absolute Gasteiger partial charge is 0.291 e. The molecule has 3 aliphatic heterocycles. The van der Waals surface area contributed by atoms with Crippen molar-refractivity contribution in [3.05, 3.63) is 30.0 Å². The highest BCUT2D eigenvalue weighted by Crippen LogP contribution is 2.32. The summed E-state index contributed by atoms with van der Waals surface area (Å²) in [4.78, 5) is 40.3. The van der Waals surface area contributed by atoms with Crippen LogP contribution in [0, 0.1) is 0 Å². The van der Waals surface area contributed by atoms with Crippen molar-refractivity contribution in [2.45, 2.75) is 25.3 Å². The average Bonchev–Trinajstić information content (AvgIpc) is 3.39. The van der Waals surface area contributed by atoms with Gasteiger partial charge in [0.05, 0.1) is 30.8 Å². The van der Waals surface area contributed by atoms with E-state index in [0.29, 0.717) is 37.3 Å². The zero-order chi connectivity index (χ0) is 23.9. The van der Waals surface area contributed by atoms with Crippen molar-refractivity contribution in [3.8, 4) is 0 Å². The van der Waals surface area contributed by atoms with Gasteiger partial charge in [-0.2, -0.15) is 5.10 Å². The molecular weight excluding hydrogens is 464 g/mol. The summed E-state index contributed by atoms with van der Waals surface area (Å²) >= 11 is 0. The fourth-order valence-corrected chi connectivity index (χ4v) is 6.10. The molecule has 34 heavy (non-hydrogen) atoms. The number of carbonyl (C=O) groups excluding carboxylic acids is 3. The van der Waals surface area contributed by atoms with Gasteiger partial charge in [-0.15, -0.1) is 0 Å². The summed E-state index contributed by atoms with van der Waals surface area (Å²) in [6, 6.07) is 6.42. The summed E-state index contributed by atoms with van der Waals surface area (Å²) in [6.45, 7) is 1.67. The normalized spacial score (nSPS) is 22.6. The molecule has 12 heteroatoms. The first-order valence-electron chi connectivity index (χ1n) is 11.1. The first-order chi connectivity index (χ1) is 16.3. The van der Waals surface area contributed by atoms with Gasteiger partial charge in [-0.3, -0.25) is 14.4 Å². The third-order valence-electron chi connectivity index (χ3n) is 6.20. The quantitative estimate of drug-likeness (QED) is 0.678. The number of nitrogens with zero attached hydrogens (tertiary/aromatic N) is 3. The molecule has 3 amide bonds. The summed E-state index contributed by atoms with van der Waals surface area (Å²) < 4.78 is 34.8. The number of ether oxygens (including phenoxy) is 1. The summed E-state index contributed by atoms with van der Waals surface area (Å²) in [6.07, 6.45) is 0.453. The number of carbonyl (C=O) groups is 3. The molecule has 4 heterocycles. The van der Waals surface area contributed by atoms with Crippen LogP contribution in [0.1, 0.15) is 29.8 Å². The predicted octanol–water partition coefficient (Wildman–Crippen LogP) is 1.01. The van der Waals surface area contributed by atoms with Crippen molar-refractivity contribution >= 4 is 49.9 Å². The minimum absolute atomic E-state index is 0.00742. The van der Waals surface area contributed by atoms with Gasteiger partial charge in [0.1, 0.15) is 17.0 Å². The Morgan fingerprint density at radius 1 is 1.12 bits per heavy atom. The number of hydrogen-bond acceptors (Lipinski definition) is 8. The Balaban J connectivity index is 1.43. The number of rotatable bonds is 4. The van der Waals surface area contributed by atoms with Crippen molar-refractivity contribution in [2.24, 2.45) is 5.10 Å². The molecule has 2 aromatic rings. The van der Waals surface area contributed by atoms with E-state index in [1.54, 1.807) is 29.2 Å². The van der Waals surface area contributed by atoms with Crippen LogP contribution in [0.4, 0.5) is 5.69 Å². The number of fused-ring (bicyclic) bond motifs is 1. The maximum absolute atomic E-state index is 13.2. The number of amides is 3. The van der Waals surface area contributed by atoms with Crippen LogP contribution in [0.25, 0.3) is 11.0 Å². The second-order valence-corrected chi connectivity index (χ2v) is 10.7. The van der Waals surface area contributed by atoms with Gasteiger partial charge in [-0.05, 0) is 18.6 Å². The maximum Gasteiger partial charge on any atom is 0.291 e. The van der Waals surface area contributed by atoms with E-state index in [-0.39, 0.29) is 59.7 Å². The molecule has 1 aromatic heterocycles. The molecule has 1 N–H and O–H groups in total. The Bertz CT molecular complexity index is 1290. The van der Waals surface area contributed by atoms with Gasteiger partial charge >= 0.3 is 0 Å². The number of sulfone groups is 1. The number of hydrogen-bond donors (Lipinski definition) is 1. The van der Waals surface area contributed by atoms with Crippen LogP contribution in [-0.2, 0) is 24.2 Å². The number of benzene rings is 1. The summed E-state index contributed by atoms with van der Waals surface area (Å²) in [7, 11) is -3.22. The van der Waals surface area contributed by atoms with E-state index in [1.165, 1.54) is 0 Å². The molecule has 1 aromatic carbocycles. The third-order valence-corrected chi connectivity index (χ3v) is 7.95. The molecular formula is C22H24N4O7S. The minimum Gasteiger partial charge on any atom is -0.449 e. The highest BCUT2D eigenvalue weighted by atomic mass is 32.2. The van der Waals surface area contributed by atoms with Crippen LogP contribution >= 0.6 is 0 Å². The van der Waals surface area contributed by atoms with Gasteiger partial charge < -0.3 is 19.4 Å². The molecule has 3 aliphatic rings. The molecule has 180 valence electrons. The second-order valence-electron chi connectivity index (χ2n) is 8.50. The summed E-state index contributed by atoms with van der Waals surface area (Å²) in [5.74, 6) is -1.39. The monoisotopic (exact) mass is 488 g/mol. The third kappa shape index (κ3) is 4.30. The van der Waals surface area contributed by atoms with Crippen LogP contribution in [0.2, 0.25) is 0 Å². The topological polar surface area (TPSA) is 139 Å². The van der Waals surface area contributed by atoms with Crippen LogP contribution in [0.15, 0.2) is 33.8 Å². The maximum atomic E-state index is 13.2. The second kappa shape index (κ2) is 8.84. The van der Waals surface area contributed by atoms with E-state index >= 15 is 0 Å². The Morgan fingerprint density at radius 2 is 1.88 bits per heavy atom.